The highest BCUT2D eigenvalue weighted by molar-refractivity contribution is 5.65. The Kier molecular flexibility index (Phi) is 3.31. The molecule has 0 radical (unpaired) electrons. The number of nitrogens with two attached hydrogens (primary N) is 1. The molecule has 0 saturated carbocycles. The molecule has 0 saturated heterocycles. The van der Waals surface area contributed by atoms with Crippen LogP contribution in [0, 0.1) is 0 Å². The highest BCUT2D eigenvalue weighted by atomic mass is 16.4. The minimum absolute atomic E-state index is 0.594. The lowest BCUT2D eigenvalue weighted by Gasteiger charge is -2.32. The van der Waals surface area contributed by atoms with E-state index in [1.54, 1.807) is 13.8 Å². The van der Waals surface area contributed by atoms with Crippen LogP contribution < -0.4 is 5.84 Å². The monoisotopic (exact) mass is 208 g/mol. The van der Waals surface area contributed by atoms with Crippen molar-refractivity contribution >= 4 is 6.09 Å². The first kappa shape index (κ1) is 11.5. The Morgan fingerprint density at radius 2 is 1.93 bits per heavy atom. The van der Waals surface area contributed by atoms with Gasteiger partial charge in [-0.05, 0) is 25.8 Å². The predicted octanol–water partition coefficient (Wildman–Crippen LogP) is 1.86. The van der Waals surface area contributed by atoms with Crippen molar-refractivity contribution in [2.45, 2.75) is 25.8 Å². The molecule has 3 N–H and O–H groups in total. The molecule has 1 aromatic carbocycles. The van der Waals surface area contributed by atoms with Crippen LogP contribution in [0.1, 0.15) is 19.4 Å². The standard InChI is InChI=1S/C11H16N2O2/c1-11(2,13(12)10(14)15)8-9-6-4-3-5-7-9/h3-7H,8,12H2,1-2H3,(H,14,15). The number of carboxylic acid groups (broad SMARTS) is 1. The van der Waals surface area contributed by atoms with E-state index in [0.717, 1.165) is 10.6 Å². The Labute approximate surface area is 89.3 Å². The van der Waals surface area contributed by atoms with Crippen molar-refractivity contribution in [2.24, 2.45) is 5.84 Å². The van der Waals surface area contributed by atoms with Crippen molar-refractivity contribution in [1.82, 2.24) is 5.01 Å². The summed E-state index contributed by atoms with van der Waals surface area (Å²) in [4.78, 5) is 10.7. The molecule has 0 heterocycles. The largest absolute Gasteiger partial charge is 0.464 e. The van der Waals surface area contributed by atoms with E-state index in [-0.39, 0.29) is 0 Å². The number of rotatable bonds is 3. The lowest BCUT2D eigenvalue weighted by atomic mass is 9.94. The van der Waals surface area contributed by atoms with Crippen molar-refractivity contribution < 1.29 is 9.90 Å². The summed E-state index contributed by atoms with van der Waals surface area (Å²) in [6, 6.07) is 9.68. The maximum absolute atomic E-state index is 10.7. The van der Waals surface area contributed by atoms with Gasteiger partial charge in [0.2, 0.25) is 0 Å². The highest BCUT2D eigenvalue weighted by Gasteiger charge is 2.28. The average Bonchev–Trinajstić information content (AvgIpc) is 2.17. The highest BCUT2D eigenvalue weighted by Crippen LogP contribution is 2.17. The lowest BCUT2D eigenvalue weighted by molar-refractivity contribution is 0.0925. The van der Waals surface area contributed by atoms with E-state index >= 15 is 0 Å². The molecule has 1 amide bonds. The van der Waals surface area contributed by atoms with Gasteiger partial charge in [0.25, 0.3) is 0 Å². The average molecular weight is 208 g/mol. The third kappa shape index (κ3) is 2.95. The molecule has 0 aromatic heterocycles. The fourth-order valence-corrected chi connectivity index (χ4v) is 1.44. The molecule has 15 heavy (non-hydrogen) atoms. The Balaban J connectivity index is 2.76. The lowest BCUT2D eigenvalue weighted by Crippen LogP contribution is -2.53. The fourth-order valence-electron chi connectivity index (χ4n) is 1.44. The van der Waals surface area contributed by atoms with Gasteiger partial charge in [-0.15, -0.1) is 0 Å². The summed E-state index contributed by atoms with van der Waals surface area (Å²) in [6.07, 6.45) is -0.521. The maximum Gasteiger partial charge on any atom is 0.422 e. The van der Waals surface area contributed by atoms with E-state index in [1.165, 1.54) is 0 Å². The van der Waals surface area contributed by atoms with Crippen LogP contribution in [0.3, 0.4) is 0 Å². The van der Waals surface area contributed by atoms with Gasteiger partial charge >= 0.3 is 6.09 Å². The van der Waals surface area contributed by atoms with E-state index in [1.807, 2.05) is 30.3 Å². The minimum atomic E-state index is -1.11. The van der Waals surface area contributed by atoms with Gasteiger partial charge in [0.15, 0.2) is 0 Å². The molecular weight excluding hydrogens is 192 g/mol. The number of amides is 1. The molecular formula is C11H16N2O2. The first-order valence-electron chi connectivity index (χ1n) is 4.75. The van der Waals surface area contributed by atoms with Crippen LogP contribution in [0.15, 0.2) is 30.3 Å². The zero-order valence-corrected chi connectivity index (χ0v) is 8.97. The molecule has 0 aliphatic rings. The number of hydrogen-bond acceptors (Lipinski definition) is 2. The van der Waals surface area contributed by atoms with Crippen LogP contribution >= 0.6 is 0 Å². The quantitative estimate of drug-likeness (QED) is 0.452. The van der Waals surface area contributed by atoms with Gasteiger partial charge in [0, 0.05) is 0 Å². The van der Waals surface area contributed by atoms with Crippen LogP contribution in [-0.2, 0) is 6.42 Å². The van der Waals surface area contributed by atoms with Crippen molar-refractivity contribution in [3.8, 4) is 0 Å². The molecule has 0 atom stereocenters. The summed E-state index contributed by atoms with van der Waals surface area (Å²) in [5.41, 5.74) is 0.465. The first-order chi connectivity index (χ1) is 6.93. The summed E-state index contributed by atoms with van der Waals surface area (Å²) in [5.74, 6) is 5.48. The molecule has 0 bridgehead atoms. The second kappa shape index (κ2) is 4.31. The normalized spacial score (nSPS) is 11.1. The molecule has 0 unspecified atom stereocenters. The van der Waals surface area contributed by atoms with Gasteiger partial charge in [-0.2, -0.15) is 0 Å². The third-order valence-corrected chi connectivity index (χ3v) is 2.34. The topological polar surface area (TPSA) is 66.6 Å². The molecule has 0 aliphatic heterocycles. The van der Waals surface area contributed by atoms with Gasteiger partial charge in [-0.1, -0.05) is 30.3 Å². The van der Waals surface area contributed by atoms with Gasteiger partial charge in [0.1, 0.15) is 0 Å². The number of hydrazine groups is 1. The van der Waals surface area contributed by atoms with Gasteiger partial charge in [-0.25, -0.2) is 15.6 Å². The molecule has 1 rings (SSSR count). The first-order valence-corrected chi connectivity index (χ1v) is 4.75. The molecule has 82 valence electrons. The van der Waals surface area contributed by atoms with Crippen LogP contribution in [-0.4, -0.2) is 21.7 Å². The molecule has 0 spiro atoms. The van der Waals surface area contributed by atoms with Crippen LogP contribution in [0.5, 0.6) is 0 Å². The van der Waals surface area contributed by atoms with Crippen LogP contribution in [0.4, 0.5) is 4.79 Å². The molecule has 0 aliphatic carbocycles. The minimum Gasteiger partial charge on any atom is -0.464 e. The number of nitrogens with zero attached hydrogens (tertiary/aromatic N) is 1. The zero-order valence-electron chi connectivity index (χ0n) is 8.97. The predicted molar refractivity (Wildman–Crippen MR) is 58.3 cm³/mol. The number of carbonyl (C=O) groups is 1. The van der Waals surface area contributed by atoms with Crippen LogP contribution in [0.2, 0.25) is 0 Å². The molecule has 4 heteroatoms. The van der Waals surface area contributed by atoms with E-state index < -0.39 is 11.6 Å². The smallest absolute Gasteiger partial charge is 0.422 e. The summed E-state index contributed by atoms with van der Waals surface area (Å²) < 4.78 is 0. The van der Waals surface area contributed by atoms with Crippen molar-refractivity contribution in [2.75, 3.05) is 0 Å². The van der Waals surface area contributed by atoms with Gasteiger partial charge in [0.05, 0.1) is 5.54 Å². The molecule has 0 fully saturated rings. The fraction of sp³-hybridized carbons (Fsp3) is 0.364. The Morgan fingerprint density at radius 1 is 1.40 bits per heavy atom. The summed E-state index contributed by atoms with van der Waals surface area (Å²) in [6.45, 7) is 3.60. The third-order valence-electron chi connectivity index (χ3n) is 2.34. The second-order valence-electron chi connectivity index (χ2n) is 4.13. The maximum atomic E-state index is 10.7. The van der Waals surface area contributed by atoms with E-state index in [4.69, 9.17) is 10.9 Å². The number of benzene rings is 1. The number of hydrogen-bond donors (Lipinski definition) is 2. The van der Waals surface area contributed by atoms with E-state index in [9.17, 15) is 4.79 Å². The second-order valence-corrected chi connectivity index (χ2v) is 4.13. The van der Waals surface area contributed by atoms with Crippen molar-refractivity contribution in [3.63, 3.8) is 0 Å². The summed E-state index contributed by atoms with van der Waals surface area (Å²) in [7, 11) is 0. The van der Waals surface area contributed by atoms with Crippen molar-refractivity contribution in [1.29, 1.82) is 0 Å². The van der Waals surface area contributed by atoms with Crippen molar-refractivity contribution in [3.05, 3.63) is 35.9 Å². The SMILES string of the molecule is CC(C)(Cc1ccccc1)N(N)C(=O)O. The summed E-state index contributed by atoms with van der Waals surface area (Å²) >= 11 is 0. The van der Waals surface area contributed by atoms with Gasteiger partial charge < -0.3 is 5.11 Å². The van der Waals surface area contributed by atoms with E-state index in [0.29, 0.717) is 6.42 Å². The van der Waals surface area contributed by atoms with Crippen LogP contribution in [0.25, 0.3) is 0 Å². The van der Waals surface area contributed by atoms with Gasteiger partial charge in [-0.3, -0.25) is 0 Å². The Hall–Kier alpha value is -1.55. The summed E-state index contributed by atoms with van der Waals surface area (Å²) in [5, 5.41) is 9.64. The Morgan fingerprint density at radius 3 is 2.40 bits per heavy atom. The van der Waals surface area contributed by atoms with E-state index in [2.05, 4.69) is 0 Å². The molecule has 4 nitrogen and oxygen atoms in total. The zero-order chi connectivity index (χ0) is 11.5. The Bertz CT molecular complexity index is 336. The molecule has 1 aromatic rings.